The number of likely N-dealkylation sites (N-methyl/N-ethyl adjacent to an activating group) is 1. The average molecular weight is 309 g/mol. The summed E-state index contributed by atoms with van der Waals surface area (Å²) in [6.45, 7) is 2.46. The van der Waals surface area contributed by atoms with Crippen LogP contribution in [0, 0.1) is 0 Å². The normalized spacial score (nSPS) is 13.0. The lowest BCUT2D eigenvalue weighted by atomic mass is 10.2. The number of hydrogen-bond acceptors (Lipinski definition) is 6. The van der Waals surface area contributed by atoms with Gasteiger partial charge in [0.1, 0.15) is 0 Å². The van der Waals surface area contributed by atoms with E-state index in [0.717, 1.165) is 12.2 Å². The fraction of sp³-hybridized carbons (Fsp3) is 0.571. The zero-order valence-electron chi connectivity index (χ0n) is 12.6. The molecule has 2 aromatic rings. The monoisotopic (exact) mass is 309 g/mol. The van der Waals surface area contributed by atoms with Gasteiger partial charge in [-0.05, 0) is 32.0 Å². The molecular weight excluding hydrogens is 286 g/mol. The zero-order valence-corrected chi connectivity index (χ0v) is 13.4. The highest BCUT2D eigenvalue weighted by atomic mass is 32.1. The van der Waals surface area contributed by atoms with Crippen molar-refractivity contribution in [2.24, 2.45) is 0 Å². The minimum Gasteiger partial charge on any atom is -0.396 e. The van der Waals surface area contributed by atoms with Gasteiger partial charge in [0.05, 0.1) is 11.7 Å². The maximum Gasteiger partial charge on any atom is 0.0964 e. The molecule has 2 N–H and O–H groups in total. The number of nitrogens with one attached hydrogen (secondary N) is 1. The Morgan fingerprint density at radius 3 is 3.00 bits per heavy atom. The van der Waals surface area contributed by atoms with Crippen molar-refractivity contribution in [1.29, 1.82) is 0 Å². The van der Waals surface area contributed by atoms with E-state index in [9.17, 15) is 0 Å². The Kier molecular flexibility index (Phi) is 6.31. The van der Waals surface area contributed by atoms with Crippen molar-refractivity contribution in [2.75, 3.05) is 27.2 Å². The summed E-state index contributed by atoms with van der Waals surface area (Å²) in [5.41, 5.74) is 0.927. The molecule has 0 saturated carbocycles. The van der Waals surface area contributed by atoms with Crippen LogP contribution in [0.15, 0.2) is 23.7 Å². The molecule has 21 heavy (non-hydrogen) atoms. The van der Waals surface area contributed by atoms with Crippen molar-refractivity contribution in [1.82, 2.24) is 25.2 Å². The second-order valence-electron chi connectivity index (χ2n) is 5.18. The first-order valence-electron chi connectivity index (χ1n) is 7.11. The molecule has 0 bridgehead atoms. The van der Waals surface area contributed by atoms with Crippen LogP contribution >= 0.6 is 11.3 Å². The van der Waals surface area contributed by atoms with E-state index in [1.54, 1.807) is 16.0 Å². The van der Waals surface area contributed by atoms with Crippen LogP contribution in [0.5, 0.6) is 0 Å². The molecule has 1 unspecified atom stereocenters. The van der Waals surface area contributed by atoms with Crippen molar-refractivity contribution in [3.05, 3.63) is 34.3 Å². The molecule has 0 saturated heterocycles. The van der Waals surface area contributed by atoms with Gasteiger partial charge in [0.15, 0.2) is 0 Å². The lowest BCUT2D eigenvalue weighted by molar-refractivity contribution is 0.276. The molecule has 2 aromatic heterocycles. The van der Waals surface area contributed by atoms with Crippen LogP contribution < -0.4 is 5.32 Å². The highest BCUT2D eigenvalue weighted by Gasteiger charge is 2.14. The summed E-state index contributed by atoms with van der Waals surface area (Å²) in [6, 6.07) is 4.63. The second kappa shape index (κ2) is 8.23. The van der Waals surface area contributed by atoms with Gasteiger partial charge in [0.25, 0.3) is 0 Å². The van der Waals surface area contributed by atoms with Gasteiger partial charge in [-0.15, -0.1) is 16.4 Å². The van der Waals surface area contributed by atoms with Crippen molar-refractivity contribution < 1.29 is 5.11 Å². The fourth-order valence-corrected chi connectivity index (χ4v) is 3.04. The molecule has 0 spiro atoms. The summed E-state index contributed by atoms with van der Waals surface area (Å²) in [4.78, 5) is 3.58. The van der Waals surface area contributed by atoms with E-state index in [-0.39, 0.29) is 6.61 Å². The zero-order chi connectivity index (χ0) is 15.1. The van der Waals surface area contributed by atoms with Crippen LogP contribution in [0.1, 0.15) is 23.0 Å². The van der Waals surface area contributed by atoms with Crippen LogP contribution in [-0.4, -0.2) is 52.2 Å². The fourth-order valence-electron chi connectivity index (χ4n) is 2.12. The minimum absolute atomic E-state index is 0.179. The predicted octanol–water partition coefficient (Wildman–Crippen LogP) is 1.11. The van der Waals surface area contributed by atoms with Gasteiger partial charge in [-0.2, -0.15) is 0 Å². The van der Waals surface area contributed by atoms with Gasteiger partial charge in [0, 0.05) is 37.3 Å². The smallest absolute Gasteiger partial charge is 0.0964 e. The first-order chi connectivity index (χ1) is 10.2. The number of aliphatic hydroxyl groups excluding tert-OH is 1. The summed E-state index contributed by atoms with van der Waals surface area (Å²) >= 11 is 1.78. The summed E-state index contributed by atoms with van der Waals surface area (Å²) in [7, 11) is 4.19. The number of rotatable bonds is 9. The highest BCUT2D eigenvalue weighted by molar-refractivity contribution is 7.10. The second-order valence-corrected chi connectivity index (χ2v) is 6.16. The Bertz CT molecular complexity index is 511. The van der Waals surface area contributed by atoms with E-state index < -0.39 is 0 Å². The third-order valence-corrected chi connectivity index (χ3v) is 4.24. The number of aromatic nitrogens is 3. The molecule has 0 aliphatic rings. The Hall–Kier alpha value is -1.28. The minimum atomic E-state index is 0.179. The van der Waals surface area contributed by atoms with Gasteiger partial charge >= 0.3 is 0 Å². The molecule has 7 heteroatoms. The SMILES string of the molecule is CN(C)C(CNCc1cn(CCCO)nn1)c1cccs1. The van der Waals surface area contributed by atoms with Crippen LogP contribution in [0.2, 0.25) is 0 Å². The lowest BCUT2D eigenvalue weighted by Gasteiger charge is -2.23. The third kappa shape index (κ3) is 4.89. The molecular formula is C14H23N5OS. The first-order valence-corrected chi connectivity index (χ1v) is 7.99. The van der Waals surface area contributed by atoms with Crippen molar-refractivity contribution in [3.63, 3.8) is 0 Å². The van der Waals surface area contributed by atoms with Crippen molar-refractivity contribution in [3.8, 4) is 0 Å². The van der Waals surface area contributed by atoms with Gasteiger partial charge in [-0.25, -0.2) is 0 Å². The Balaban J connectivity index is 1.81. The standard InChI is InChI=1S/C14H23N5OS/c1-18(2)13(14-5-3-8-21-14)10-15-9-12-11-19(17-16-12)6-4-7-20/h3,5,8,11,13,15,20H,4,6-7,9-10H2,1-2H3. The summed E-state index contributed by atoms with van der Waals surface area (Å²) in [5, 5.41) is 22.5. The highest BCUT2D eigenvalue weighted by Crippen LogP contribution is 2.22. The molecule has 0 radical (unpaired) electrons. The maximum atomic E-state index is 8.80. The van der Waals surface area contributed by atoms with Gasteiger partial charge in [0.2, 0.25) is 0 Å². The molecule has 6 nitrogen and oxygen atoms in total. The summed E-state index contributed by atoms with van der Waals surface area (Å²) in [5.74, 6) is 0. The van der Waals surface area contributed by atoms with Crippen LogP contribution in [0.3, 0.4) is 0 Å². The van der Waals surface area contributed by atoms with E-state index in [2.05, 4.69) is 52.1 Å². The van der Waals surface area contributed by atoms with Gasteiger partial charge < -0.3 is 15.3 Å². The summed E-state index contributed by atoms with van der Waals surface area (Å²) < 4.78 is 1.77. The molecule has 1 atom stereocenters. The van der Waals surface area contributed by atoms with E-state index in [1.807, 2.05) is 6.20 Å². The lowest BCUT2D eigenvalue weighted by Crippen LogP contribution is -2.30. The largest absolute Gasteiger partial charge is 0.396 e. The summed E-state index contributed by atoms with van der Waals surface area (Å²) in [6.07, 6.45) is 2.63. The van der Waals surface area contributed by atoms with Crippen LogP contribution in [0.25, 0.3) is 0 Å². The molecule has 116 valence electrons. The topological polar surface area (TPSA) is 66.2 Å². The number of hydrogen-bond donors (Lipinski definition) is 2. The van der Waals surface area contributed by atoms with Crippen LogP contribution in [0.4, 0.5) is 0 Å². The molecule has 0 amide bonds. The van der Waals surface area contributed by atoms with E-state index in [4.69, 9.17) is 5.11 Å². The Labute approximate surface area is 129 Å². The van der Waals surface area contributed by atoms with E-state index in [0.29, 0.717) is 25.6 Å². The maximum absolute atomic E-state index is 8.80. The number of aryl methyl sites for hydroxylation is 1. The van der Waals surface area contributed by atoms with Crippen molar-refractivity contribution >= 4 is 11.3 Å². The quantitative estimate of drug-likeness (QED) is 0.726. The Morgan fingerprint density at radius 2 is 2.33 bits per heavy atom. The first kappa shape index (κ1) is 16.1. The van der Waals surface area contributed by atoms with Gasteiger partial charge in [-0.3, -0.25) is 4.68 Å². The number of nitrogens with zero attached hydrogens (tertiary/aromatic N) is 4. The molecule has 0 fully saturated rings. The van der Waals surface area contributed by atoms with Crippen LogP contribution in [-0.2, 0) is 13.1 Å². The molecule has 0 aliphatic carbocycles. The predicted molar refractivity (Wildman–Crippen MR) is 84.2 cm³/mol. The molecule has 0 aliphatic heterocycles. The van der Waals surface area contributed by atoms with Crippen molar-refractivity contribution in [2.45, 2.75) is 25.6 Å². The molecule has 2 heterocycles. The molecule has 2 rings (SSSR count). The van der Waals surface area contributed by atoms with E-state index >= 15 is 0 Å². The number of thiophene rings is 1. The Morgan fingerprint density at radius 1 is 1.48 bits per heavy atom. The van der Waals surface area contributed by atoms with E-state index in [1.165, 1.54) is 4.88 Å². The average Bonchev–Trinajstić information content (AvgIpc) is 3.12. The number of aliphatic hydroxyl groups is 1. The third-order valence-electron chi connectivity index (χ3n) is 3.27. The molecule has 0 aromatic carbocycles. The van der Waals surface area contributed by atoms with Gasteiger partial charge in [-0.1, -0.05) is 11.3 Å².